The maximum absolute atomic E-state index is 13.4. The van der Waals surface area contributed by atoms with Gasteiger partial charge < -0.3 is 36.1 Å². The van der Waals surface area contributed by atoms with E-state index >= 15 is 0 Å². The zero-order valence-electron chi connectivity index (χ0n) is 20.0. The van der Waals surface area contributed by atoms with Crippen LogP contribution in [-0.2, 0) is 19.2 Å². The average Bonchev–Trinajstić information content (AvgIpc) is 2.79. The van der Waals surface area contributed by atoms with Crippen molar-refractivity contribution in [3.8, 4) is 0 Å². The summed E-state index contributed by atoms with van der Waals surface area (Å²) in [6.45, 7) is 3.89. The molecule has 3 amide bonds. The summed E-state index contributed by atoms with van der Waals surface area (Å²) in [5.41, 5.74) is 1.26. The Morgan fingerprint density at radius 2 is 1.94 bits per heavy atom. The number of rotatable bonds is 4. The van der Waals surface area contributed by atoms with E-state index in [1.54, 1.807) is 18.2 Å². The van der Waals surface area contributed by atoms with Crippen molar-refractivity contribution in [3.05, 3.63) is 52.0 Å². The number of hydroxylamine groups is 1. The number of nitrogens with zero attached hydrogens (tertiary/aromatic N) is 2. The van der Waals surface area contributed by atoms with Gasteiger partial charge in [0, 0.05) is 25.0 Å². The normalized spacial score (nSPS) is 28.7. The lowest BCUT2D eigenvalue weighted by Crippen LogP contribution is -2.57. The minimum atomic E-state index is -1.31. The number of aliphatic carboxylic acids is 1. The molecule has 0 saturated carbocycles. The Bertz CT molecular complexity index is 1110. The Labute approximate surface area is 207 Å². The van der Waals surface area contributed by atoms with Crippen molar-refractivity contribution in [2.24, 2.45) is 5.92 Å². The van der Waals surface area contributed by atoms with Gasteiger partial charge in [0.05, 0.1) is 6.10 Å². The molecule has 194 valence electrons. The van der Waals surface area contributed by atoms with Crippen LogP contribution in [0.25, 0.3) is 0 Å². The third-order valence-electron chi connectivity index (χ3n) is 6.50. The van der Waals surface area contributed by atoms with Crippen LogP contribution in [0.5, 0.6) is 0 Å². The molecule has 1 heterocycles. The van der Waals surface area contributed by atoms with Crippen LogP contribution in [-0.4, -0.2) is 93.2 Å². The summed E-state index contributed by atoms with van der Waals surface area (Å²) in [6.07, 6.45) is 5.33. The van der Waals surface area contributed by atoms with Crippen LogP contribution >= 0.6 is 0 Å². The molecule has 12 heteroatoms. The molecule has 0 aromatic carbocycles. The van der Waals surface area contributed by atoms with Crippen LogP contribution in [0.3, 0.4) is 0 Å². The van der Waals surface area contributed by atoms with Crippen LogP contribution < -0.4 is 10.6 Å². The van der Waals surface area contributed by atoms with E-state index in [0.29, 0.717) is 16.7 Å². The lowest BCUT2D eigenvalue weighted by molar-refractivity contribution is -0.437. The molecular formula is C24H30N4O8. The Balaban J connectivity index is 2.09. The first-order chi connectivity index (χ1) is 16.9. The van der Waals surface area contributed by atoms with Crippen molar-refractivity contribution in [2.45, 2.75) is 50.4 Å². The Morgan fingerprint density at radius 1 is 1.25 bits per heavy atom. The number of aliphatic hydroxyl groups excluding tert-OH is 2. The number of allylic oxidation sites excluding steroid dienone is 2. The third kappa shape index (κ3) is 5.82. The number of amides is 3. The summed E-state index contributed by atoms with van der Waals surface area (Å²) in [7, 11) is 1.34. The fourth-order valence-electron chi connectivity index (χ4n) is 4.55. The van der Waals surface area contributed by atoms with E-state index in [2.05, 4.69) is 17.4 Å². The second kappa shape index (κ2) is 10.8. The quantitative estimate of drug-likeness (QED) is 0.148. The van der Waals surface area contributed by atoms with Gasteiger partial charge in [0.2, 0.25) is 18.4 Å². The molecule has 2 aliphatic carbocycles. The van der Waals surface area contributed by atoms with Crippen molar-refractivity contribution in [1.29, 1.82) is 0 Å². The smallest absolute Gasteiger partial charge is 0.326 e. The first kappa shape index (κ1) is 26.7. The summed E-state index contributed by atoms with van der Waals surface area (Å²) >= 11 is 0. The van der Waals surface area contributed by atoms with Crippen molar-refractivity contribution in [1.82, 2.24) is 15.5 Å². The van der Waals surface area contributed by atoms with E-state index in [0.717, 1.165) is 4.90 Å². The summed E-state index contributed by atoms with van der Waals surface area (Å²) in [4.78, 5) is 51.6. The Hall–Kier alpha value is -3.93. The Kier molecular flexibility index (Phi) is 7.98. The van der Waals surface area contributed by atoms with Crippen molar-refractivity contribution in [3.63, 3.8) is 0 Å². The number of aliphatic hydroxyl groups is 2. The summed E-state index contributed by atoms with van der Waals surface area (Å²) in [6, 6.07) is -3.64. The average molecular weight is 503 g/mol. The molecular weight excluding hydrogens is 472 g/mol. The molecule has 4 bridgehead atoms. The minimum absolute atomic E-state index is 0.0581. The number of carbonyl (C=O) groups is 4. The zero-order chi connectivity index (χ0) is 26.7. The number of likely N-dealkylation sites (N-methyl/N-ethyl adjacent to an activating group) is 1. The van der Waals surface area contributed by atoms with E-state index < -0.39 is 60.4 Å². The van der Waals surface area contributed by atoms with E-state index in [-0.39, 0.29) is 29.8 Å². The fourth-order valence-corrected chi connectivity index (χ4v) is 4.55. The van der Waals surface area contributed by atoms with Crippen molar-refractivity contribution < 1.29 is 39.2 Å². The number of hydrogen-bond donors (Lipinski definition) is 5. The first-order valence-corrected chi connectivity index (χ1v) is 11.4. The van der Waals surface area contributed by atoms with Gasteiger partial charge in [-0.25, -0.2) is 9.53 Å². The fraction of sp³-hybridized carbons (Fsp3) is 0.458. The molecule has 0 aromatic heterocycles. The molecule has 5 atom stereocenters. The van der Waals surface area contributed by atoms with Crippen molar-refractivity contribution >= 4 is 30.4 Å². The largest absolute Gasteiger partial charge is 0.624 e. The summed E-state index contributed by atoms with van der Waals surface area (Å²) in [5.74, 6) is -4.23. The van der Waals surface area contributed by atoms with E-state index in [1.807, 2.05) is 0 Å². The highest BCUT2D eigenvalue weighted by atomic mass is 16.5. The van der Waals surface area contributed by atoms with Gasteiger partial charge in [0.15, 0.2) is 0 Å². The molecule has 0 spiro atoms. The highest BCUT2D eigenvalue weighted by Gasteiger charge is 2.39. The van der Waals surface area contributed by atoms with E-state index in [4.69, 9.17) is 0 Å². The molecule has 0 saturated heterocycles. The topological polar surface area (TPSA) is 182 Å². The molecule has 0 aromatic rings. The number of carboxylic acid groups (broad SMARTS) is 1. The second-order valence-corrected chi connectivity index (χ2v) is 9.14. The molecule has 2 unspecified atom stereocenters. The van der Waals surface area contributed by atoms with Gasteiger partial charge >= 0.3 is 5.97 Å². The molecule has 1 aliphatic heterocycles. The molecule has 0 fully saturated rings. The molecule has 0 radical (unpaired) electrons. The lowest BCUT2D eigenvalue weighted by Gasteiger charge is -2.35. The molecule has 5 N–H and O–H groups in total. The van der Waals surface area contributed by atoms with E-state index in [9.17, 15) is 39.7 Å². The van der Waals surface area contributed by atoms with E-state index in [1.165, 1.54) is 20.0 Å². The van der Waals surface area contributed by atoms with Gasteiger partial charge in [-0.15, -0.1) is 0 Å². The van der Waals surface area contributed by atoms with Gasteiger partial charge in [-0.2, -0.15) is 0 Å². The summed E-state index contributed by atoms with van der Waals surface area (Å²) < 4.78 is 0.173. The SMILES string of the molecule is C=[N+]([O-])CC(=O)N(C)[C@@H]1C(=O)N[C@@H](C)C(=O)N[C@H](C(=O)O)CC2=CCC(O)C(=C2)C2=C(O)C=CC1C2. The third-order valence-corrected chi connectivity index (χ3v) is 6.50. The molecule has 3 rings (SSSR count). The minimum Gasteiger partial charge on any atom is -0.624 e. The number of hydrogen-bond acceptors (Lipinski definition) is 7. The lowest BCUT2D eigenvalue weighted by atomic mass is 9.79. The highest BCUT2D eigenvalue weighted by Crippen LogP contribution is 2.36. The van der Waals surface area contributed by atoms with Crippen LogP contribution in [0.1, 0.15) is 26.2 Å². The maximum atomic E-state index is 13.4. The number of fused-ring (bicyclic) bond motifs is 4. The molecule has 3 aliphatic rings. The Morgan fingerprint density at radius 3 is 2.58 bits per heavy atom. The highest BCUT2D eigenvalue weighted by molar-refractivity contribution is 5.93. The van der Waals surface area contributed by atoms with Crippen LogP contribution in [0.2, 0.25) is 0 Å². The maximum Gasteiger partial charge on any atom is 0.326 e. The first-order valence-electron chi connectivity index (χ1n) is 11.4. The monoisotopic (exact) mass is 502 g/mol. The van der Waals surface area contributed by atoms with Gasteiger partial charge in [0.25, 0.3) is 5.91 Å². The molecule has 12 nitrogen and oxygen atoms in total. The van der Waals surface area contributed by atoms with Gasteiger partial charge in [-0.05, 0) is 37.0 Å². The number of nitrogens with one attached hydrogen (secondary N) is 2. The predicted molar refractivity (Wildman–Crippen MR) is 128 cm³/mol. The van der Waals surface area contributed by atoms with Gasteiger partial charge in [0.1, 0.15) is 30.6 Å². The molecule has 36 heavy (non-hydrogen) atoms. The van der Waals surface area contributed by atoms with Crippen molar-refractivity contribution in [2.75, 3.05) is 13.6 Å². The summed E-state index contributed by atoms with van der Waals surface area (Å²) in [5, 5.41) is 47.2. The van der Waals surface area contributed by atoms with Gasteiger partial charge in [-0.3, -0.25) is 14.4 Å². The van der Waals surface area contributed by atoms with Crippen LogP contribution in [0.15, 0.2) is 46.8 Å². The van der Waals surface area contributed by atoms with Crippen LogP contribution in [0, 0.1) is 11.1 Å². The second-order valence-electron chi connectivity index (χ2n) is 9.14. The van der Waals surface area contributed by atoms with Gasteiger partial charge in [-0.1, -0.05) is 18.2 Å². The zero-order valence-corrected chi connectivity index (χ0v) is 20.0. The predicted octanol–water partition coefficient (Wildman–Crippen LogP) is -0.492. The van der Waals surface area contributed by atoms with Crippen LogP contribution in [0.4, 0.5) is 0 Å². The number of carbonyl (C=O) groups excluding carboxylic acids is 3. The number of carboxylic acids is 1. The standard InChI is InChI=1S/C24H30N4O8/c1-12-22(32)26-17(24(34)35)9-13-4-6-18(29)15(8-13)16-10-14(5-7-19(16)30)21(23(33)25-12)28(3)20(31)11-27(2)36/h4-5,7-8,12,14,17-18,21,29-30H,2,6,9-11H2,1,3H3,(H,25,33)(H,26,32)(H,34,35)/t12-,14?,17-,18?,21-/m0/s1.